The zero-order chi connectivity index (χ0) is 13.2. The molecule has 0 spiro atoms. The molecule has 1 aliphatic carbocycles. The molecule has 1 heterocycles. The van der Waals surface area contributed by atoms with Gasteiger partial charge in [0.1, 0.15) is 5.82 Å². The minimum absolute atomic E-state index is 0.0670. The van der Waals surface area contributed by atoms with Gasteiger partial charge in [0.05, 0.1) is 5.69 Å². The first-order chi connectivity index (χ1) is 9.24. The number of H-pyrrole nitrogens is 1. The van der Waals surface area contributed by atoms with Gasteiger partial charge >= 0.3 is 0 Å². The molecular weight excluding hydrogens is 304 g/mol. The Labute approximate surface area is 120 Å². The maximum Gasteiger partial charge on any atom is 0.251 e. The van der Waals surface area contributed by atoms with E-state index >= 15 is 0 Å². The van der Waals surface area contributed by atoms with Gasteiger partial charge in [0, 0.05) is 22.0 Å². The van der Waals surface area contributed by atoms with Gasteiger partial charge in [-0.05, 0) is 18.9 Å². The maximum atomic E-state index is 11.8. The Kier molecular flexibility index (Phi) is 3.51. The normalized spacial score (nSPS) is 15.8. The van der Waals surface area contributed by atoms with Gasteiger partial charge in [0.2, 0.25) is 0 Å². The van der Waals surface area contributed by atoms with Crippen molar-refractivity contribution >= 4 is 15.9 Å². The predicted octanol–water partition coefficient (Wildman–Crippen LogP) is 3.86. The van der Waals surface area contributed by atoms with Gasteiger partial charge in [-0.3, -0.25) is 4.79 Å². The van der Waals surface area contributed by atoms with Crippen molar-refractivity contribution in [2.45, 2.75) is 31.6 Å². The summed E-state index contributed by atoms with van der Waals surface area (Å²) in [5.41, 5.74) is 1.80. The molecule has 2 aromatic rings. The first-order valence-electron chi connectivity index (χ1n) is 6.60. The summed E-state index contributed by atoms with van der Waals surface area (Å²) in [6.45, 7) is 0. The molecule has 1 aromatic carbocycles. The quantitative estimate of drug-likeness (QED) is 0.914. The van der Waals surface area contributed by atoms with E-state index in [4.69, 9.17) is 0 Å². The number of hydrogen-bond acceptors (Lipinski definition) is 2. The first kappa shape index (κ1) is 12.6. The number of aromatic amines is 1. The van der Waals surface area contributed by atoms with E-state index in [2.05, 4.69) is 25.9 Å². The van der Waals surface area contributed by atoms with Crippen molar-refractivity contribution in [1.29, 1.82) is 0 Å². The van der Waals surface area contributed by atoms with E-state index in [1.165, 1.54) is 12.8 Å². The third-order valence-electron chi connectivity index (χ3n) is 3.66. The Balaban J connectivity index is 2.07. The molecular formula is C15H15BrN2O. The minimum atomic E-state index is -0.0670. The number of aromatic nitrogens is 2. The largest absolute Gasteiger partial charge is 0.306 e. The van der Waals surface area contributed by atoms with Gasteiger partial charge in [-0.25, -0.2) is 4.98 Å². The van der Waals surface area contributed by atoms with Crippen molar-refractivity contribution in [3.63, 3.8) is 0 Å². The Morgan fingerprint density at radius 1 is 1.21 bits per heavy atom. The molecule has 0 bridgehead atoms. The molecule has 0 unspecified atom stereocenters. The lowest BCUT2D eigenvalue weighted by Gasteiger charge is -2.10. The average Bonchev–Trinajstić information content (AvgIpc) is 2.92. The van der Waals surface area contributed by atoms with E-state index in [1.807, 2.05) is 24.3 Å². The molecule has 0 aliphatic heterocycles. The molecule has 98 valence electrons. The number of rotatable bonds is 2. The van der Waals surface area contributed by atoms with Crippen LogP contribution in [0.3, 0.4) is 0 Å². The summed E-state index contributed by atoms with van der Waals surface area (Å²) in [5, 5.41) is 0. The van der Waals surface area contributed by atoms with Crippen LogP contribution in [0.15, 0.2) is 39.6 Å². The summed E-state index contributed by atoms with van der Waals surface area (Å²) < 4.78 is 0.946. The van der Waals surface area contributed by atoms with Crippen LogP contribution in [-0.4, -0.2) is 9.97 Å². The van der Waals surface area contributed by atoms with Gasteiger partial charge in [0.25, 0.3) is 5.56 Å². The Morgan fingerprint density at radius 3 is 2.68 bits per heavy atom. The Morgan fingerprint density at radius 2 is 1.95 bits per heavy atom. The SMILES string of the molecule is O=c1cc(C2CCCC2)nc(-c2ccccc2Br)[nH]1. The van der Waals surface area contributed by atoms with E-state index in [9.17, 15) is 4.79 Å². The van der Waals surface area contributed by atoms with Crippen molar-refractivity contribution in [3.05, 3.63) is 50.9 Å². The molecule has 1 saturated carbocycles. The van der Waals surface area contributed by atoms with Crippen molar-refractivity contribution in [2.24, 2.45) is 0 Å². The van der Waals surface area contributed by atoms with Crippen LogP contribution in [0.4, 0.5) is 0 Å². The summed E-state index contributed by atoms with van der Waals surface area (Å²) in [6, 6.07) is 9.46. The van der Waals surface area contributed by atoms with Crippen LogP contribution in [0.1, 0.15) is 37.3 Å². The third kappa shape index (κ3) is 2.63. The highest BCUT2D eigenvalue weighted by Crippen LogP contribution is 2.33. The number of nitrogens with one attached hydrogen (secondary N) is 1. The summed E-state index contributed by atoms with van der Waals surface area (Å²) in [4.78, 5) is 19.3. The molecule has 0 saturated heterocycles. The smallest absolute Gasteiger partial charge is 0.251 e. The van der Waals surface area contributed by atoms with Gasteiger partial charge in [0.15, 0.2) is 0 Å². The fraction of sp³-hybridized carbons (Fsp3) is 0.333. The fourth-order valence-electron chi connectivity index (χ4n) is 2.69. The van der Waals surface area contributed by atoms with Crippen LogP contribution in [0.2, 0.25) is 0 Å². The van der Waals surface area contributed by atoms with Gasteiger partial charge in [-0.15, -0.1) is 0 Å². The molecule has 1 aromatic heterocycles. The maximum absolute atomic E-state index is 11.8. The number of benzene rings is 1. The summed E-state index contributed by atoms with van der Waals surface area (Å²) >= 11 is 3.50. The fourth-order valence-corrected chi connectivity index (χ4v) is 3.16. The van der Waals surface area contributed by atoms with Crippen molar-refractivity contribution in [2.75, 3.05) is 0 Å². The van der Waals surface area contributed by atoms with E-state index in [1.54, 1.807) is 6.07 Å². The lowest BCUT2D eigenvalue weighted by molar-refractivity contribution is 0.693. The summed E-state index contributed by atoms with van der Waals surface area (Å²) in [5.74, 6) is 1.10. The number of nitrogens with zero attached hydrogens (tertiary/aromatic N) is 1. The second-order valence-corrected chi connectivity index (χ2v) is 5.83. The summed E-state index contributed by atoms with van der Waals surface area (Å²) in [7, 11) is 0. The molecule has 1 aliphatic rings. The van der Waals surface area contributed by atoms with E-state index in [-0.39, 0.29) is 5.56 Å². The molecule has 1 fully saturated rings. The molecule has 0 radical (unpaired) electrons. The van der Waals surface area contributed by atoms with Gasteiger partial charge in [-0.1, -0.05) is 47.0 Å². The van der Waals surface area contributed by atoms with Gasteiger partial charge in [-0.2, -0.15) is 0 Å². The first-order valence-corrected chi connectivity index (χ1v) is 7.39. The molecule has 0 amide bonds. The second kappa shape index (κ2) is 5.29. The zero-order valence-corrected chi connectivity index (χ0v) is 12.1. The van der Waals surface area contributed by atoms with Crippen LogP contribution in [0.25, 0.3) is 11.4 Å². The minimum Gasteiger partial charge on any atom is -0.306 e. The van der Waals surface area contributed by atoms with Crippen molar-refractivity contribution in [3.8, 4) is 11.4 Å². The highest BCUT2D eigenvalue weighted by atomic mass is 79.9. The van der Waals surface area contributed by atoms with Crippen molar-refractivity contribution in [1.82, 2.24) is 9.97 Å². The van der Waals surface area contributed by atoms with Crippen LogP contribution < -0.4 is 5.56 Å². The highest BCUT2D eigenvalue weighted by molar-refractivity contribution is 9.10. The molecule has 3 nitrogen and oxygen atoms in total. The molecule has 1 N–H and O–H groups in total. The van der Waals surface area contributed by atoms with E-state index in [0.29, 0.717) is 11.7 Å². The second-order valence-electron chi connectivity index (χ2n) is 4.98. The van der Waals surface area contributed by atoms with Gasteiger partial charge < -0.3 is 4.98 Å². The topological polar surface area (TPSA) is 45.8 Å². The lowest BCUT2D eigenvalue weighted by Crippen LogP contribution is -2.12. The number of hydrogen-bond donors (Lipinski definition) is 1. The van der Waals surface area contributed by atoms with Crippen LogP contribution in [-0.2, 0) is 0 Å². The van der Waals surface area contributed by atoms with E-state index in [0.717, 1.165) is 28.6 Å². The Hall–Kier alpha value is -1.42. The van der Waals surface area contributed by atoms with Crippen LogP contribution in [0, 0.1) is 0 Å². The average molecular weight is 319 g/mol. The van der Waals surface area contributed by atoms with E-state index < -0.39 is 0 Å². The Bertz CT molecular complexity index is 645. The molecule has 3 rings (SSSR count). The summed E-state index contributed by atoms with van der Waals surface area (Å²) in [6.07, 6.45) is 4.77. The number of halogens is 1. The highest BCUT2D eigenvalue weighted by Gasteiger charge is 2.19. The molecule has 4 heteroatoms. The standard InChI is InChI=1S/C15H15BrN2O/c16-12-8-4-3-7-11(12)15-17-13(9-14(19)18-15)10-5-1-2-6-10/h3-4,7-10H,1-2,5-6H2,(H,17,18,19). The van der Waals surface area contributed by atoms with Crippen LogP contribution in [0.5, 0.6) is 0 Å². The lowest BCUT2D eigenvalue weighted by atomic mass is 10.0. The monoisotopic (exact) mass is 318 g/mol. The molecule has 19 heavy (non-hydrogen) atoms. The molecule has 0 atom stereocenters. The third-order valence-corrected chi connectivity index (χ3v) is 4.36. The van der Waals surface area contributed by atoms with Crippen molar-refractivity contribution < 1.29 is 0 Å². The van der Waals surface area contributed by atoms with Crippen LogP contribution >= 0.6 is 15.9 Å². The predicted molar refractivity (Wildman–Crippen MR) is 79.2 cm³/mol. The zero-order valence-electron chi connectivity index (χ0n) is 10.5.